The van der Waals surface area contributed by atoms with Crippen LogP contribution in [-0.2, 0) is 9.53 Å². The number of hydrazone groups is 1. The number of aromatic amines is 1. The molecule has 1 fully saturated rings. The van der Waals surface area contributed by atoms with E-state index in [9.17, 15) is 4.79 Å². The summed E-state index contributed by atoms with van der Waals surface area (Å²) >= 11 is 0. The number of amides is 1. The molecule has 22 heavy (non-hydrogen) atoms. The van der Waals surface area contributed by atoms with Gasteiger partial charge >= 0.3 is 0 Å². The van der Waals surface area contributed by atoms with E-state index in [4.69, 9.17) is 4.74 Å². The summed E-state index contributed by atoms with van der Waals surface area (Å²) in [5.41, 5.74) is 4.63. The van der Waals surface area contributed by atoms with Crippen molar-refractivity contribution in [2.45, 2.75) is 6.42 Å². The summed E-state index contributed by atoms with van der Waals surface area (Å²) in [4.78, 5) is 16.4. The standard InChI is InChI=1S/C16H20N4O2/c21-16(5-6-20-7-9-22-10-8-20)19-18-12-13-11-17-15-4-2-1-3-14(13)15/h1-4,11-12,17H,5-10H2,(H,19,21)/p+1/b18-12+. The third-order valence-electron chi connectivity index (χ3n) is 3.92. The number of ether oxygens (including phenoxy) is 1. The molecule has 2 aromatic rings. The lowest BCUT2D eigenvalue weighted by Crippen LogP contribution is -3.14. The van der Waals surface area contributed by atoms with E-state index < -0.39 is 0 Å². The molecule has 1 amide bonds. The molecule has 3 rings (SSSR count). The number of quaternary nitrogens is 1. The van der Waals surface area contributed by atoms with E-state index in [0.29, 0.717) is 6.42 Å². The molecule has 0 aliphatic carbocycles. The van der Waals surface area contributed by atoms with Crippen molar-refractivity contribution in [1.29, 1.82) is 0 Å². The van der Waals surface area contributed by atoms with Crippen LogP contribution in [-0.4, -0.2) is 50.0 Å². The van der Waals surface area contributed by atoms with E-state index >= 15 is 0 Å². The fraction of sp³-hybridized carbons (Fsp3) is 0.375. The lowest BCUT2D eigenvalue weighted by atomic mass is 10.2. The number of rotatable bonds is 5. The average molecular weight is 301 g/mol. The van der Waals surface area contributed by atoms with Crippen LogP contribution in [0.25, 0.3) is 10.9 Å². The van der Waals surface area contributed by atoms with Gasteiger partial charge in [-0.1, -0.05) is 18.2 Å². The van der Waals surface area contributed by atoms with E-state index in [1.165, 1.54) is 4.90 Å². The third-order valence-corrected chi connectivity index (χ3v) is 3.92. The molecule has 1 saturated heterocycles. The Kier molecular flexibility index (Phi) is 4.82. The number of carbonyl (C=O) groups is 1. The van der Waals surface area contributed by atoms with Gasteiger partial charge in [0.15, 0.2) is 0 Å². The van der Waals surface area contributed by atoms with Gasteiger partial charge in [-0.05, 0) is 6.07 Å². The largest absolute Gasteiger partial charge is 0.370 e. The van der Waals surface area contributed by atoms with Crippen molar-refractivity contribution in [3.8, 4) is 0 Å². The van der Waals surface area contributed by atoms with Gasteiger partial charge in [0.05, 0.1) is 32.4 Å². The van der Waals surface area contributed by atoms with Gasteiger partial charge in [0.25, 0.3) is 0 Å². The number of aromatic nitrogens is 1. The Balaban J connectivity index is 1.48. The number of nitrogens with one attached hydrogen (secondary N) is 3. The van der Waals surface area contributed by atoms with Crippen LogP contribution < -0.4 is 10.3 Å². The SMILES string of the molecule is O=C(CC[NH+]1CCOCC1)N/N=C/c1c[nH]c2ccccc12. The topological polar surface area (TPSA) is 70.9 Å². The Morgan fingerprint density at radius 2 is 2.18 bits per heavy atom. The molecule has 1 aromatic carbocycles. The normalized spacial score (nSPS) is 16.4. The Bertz CT molecular complexity index is 659. The van der Waals surface area contributed by atoms with Gasteiger partial charge in [0, 0.05) is 22.7 Å². The Morgan fingerprint density at radius 3 is 3.05 bits per heavy atom. The molecule has 6 nitrogen and oxygen atoms in total. The molecular weight excluding hydrogens is 280 g/mol. The van der Waals surface area contributed by atoms with Gasteiger partial charge in [-0.3, -0.25) is 4.79 Å². The number of hydrogen-bond acceptors (Lipinski definition) is 3. The summed E-state index contributed by atoms with van der Waals surface area (Å²) < 4.78 is 5.30. The third kappa shape index (κ3) is 3.72. The van der Waals surface area contributed by atoms with Gasteiger partial charge in [-0.15, -0.1) is 0 Å². The fourth-order valence-corrected chi connectivity index (χ4v) is 2.63. The summed E-state index contributed by atoms with van der Waals surface area (Å²) in [7, 11) is 0. The van der Waals surface area contributed by atoms with E-state index in [1.54, 1.807) is 6.21 Å². The zero-order chi connectivity index (χ0) is 15.2. The Hall–Kier alpha value is -2.18. The van der Waals surface area contributed by atoms with Crippen molar-refractivity contribution in [2.75, 3.05) is 32.8 Å². The highest BCUT2D eigenvalue weighted by molar-refractivity contribution is 5.99. The number of morpholine rings is 1. The Labute approximate surface area is 129 Å². The van der Waals surface area contributed by atoms with E-state index in [-0.39, 0.29) is 5.91 Å². The van der Waals surface area contributed by atoms with Crippen LogP contribution in [0.2, 0.25) is 0 Å². The molecule has 116 valence electrons. The summed E-state index contributed by atoms with van der Waals surface area (Å²) in [6.45, 7) is 4.36. The van der Waals surface area contributed by atoms with Crippen LogP contribution in [0.4, 0.5) is 0 Å². The first-order valence-corrected chi connectivity index (χ1v) is 7.62. The molecule has 1 aliphatic heterocycles. The van der Waals surface area contributed by atoms with Crippen LogP contribution in [0.3, 0.4) is 0 Å². The lowest BCUT2D eigenvalue weighted by molar-refractivity contribution is -0.907. The zero-order valence-corrected chi connectivity index (χ0v) is 12.5. The number of hydrogen-bond donors (Lipinski definition) is 3. The molecule has 0 radical (unpaired) electrons. The number of H-pyrrole nitrogens is 1. The van der Waals surface area contributed by atoms with Crippen molar-refractivity contribution >= 4 is 23.0 Å². The summed E-state index contributed by atoms with van der Waals surface area (Å²) in [5, 5.41) is 5.14. The van der Waals surface area contributed by atoms with E-state index in [2.05, 4.69) is 15.5 Å². The van der Waals surface area contributed by atoms with Gasteiger partial charge < -0.3 is 14.6 Å². The first kappa shape index (κ1) is 14.7. The van der Waals surface area contributed by atoms with E-state index in [0.717, 1.165) is 49.3 Å². The summed E-state index contributed by atoms with van der Waals surface area (Å²) in [6, 6.07) is 8.00. The molecule has 3 N–H and O–H groups in total. The average Bonchev–Trinajstić information content (AvgIpc) is 2.97. The predicted octanol–water partition coefficient (Wildman–Crippen LogP) is -0.0768. The van der Waals surface area contributed by atoms with Crippen molar-refractivity contribution in [1.82, 2.24) is 10.4 Å². The smallest absolute Gasteiger partial charge is 0.245 e. The molecule has 1 aliphatic rings. The van der Waals surface area contributed by atoms with Crippen LogP contribution in [0, 0.1) is 0 Å². The quantitative estimate of drug-likeness (QED) is 0.534. The second kappa shape index (κ2) is 7.20. The maximum Gasteiger partial charge on any atom is 0.245 e. The van der Waals surface area contributed by atoms with Gasteiger partial charge in [-0.2, -0.15) is 5.10 Å². The van der Waals surface area contributed by atoms with Crippen molar-refractivity contribution in [3.63, 3.8) is 0 Å². The Morgan fingerprint density at radius 1 is 1.36 bits per heavy atom. The maximum absolute atomic E-state index is 11.8. The van der Waals surface area contributed by atoms with Crippen LogP contribution in [0.1, 0.15) is 12.0 Å². The van der Waals surface area contributed by atoms with Crippen molar-refractivity contribution < 1.29 is 14.4 Å². The molecule has 2 heterocycles. The summed E-state index contributed by atoms with van der Waals surface area (Å²) in [6.07, 6.45) is 4.05. The fourth-order valence-electron chi connectivity index (χ4n) is 2.63. The first-order chi connectivity index (χ1) is 10.8. The zero-order valence-electron chi connectivity index (χ0n) is 12.5. The minimum Gasteiger partial charge on any atom is -0.370 e. The van der Waals surface area contributed by atoms with Crippen LogP contribution in [0.5, 0.6) is 0 Å². The monoisotopic (exact) mass is 301 g/mol. The molecule has 0 unspecified atom stereocenters. The highest BCUT2D eigenvalue weighted by Crippen LogP contribution is 2.15. The number of fused-ring (bicyclic) bond motifs is 1. The second-order valence-corrected chi connectivity index (χ2v) is 5.45. The number of benzene rings is 1. The van der Waals surface area contributed by atoms with Gasteiger partial charge in [0.1, 0.15) is 13.1 Å². The lowest BCUT2D eigenvalue weighted by Gasteiger charge is -2.23. The first-order valence-electron chi connectivity index (χ1n) is 7.62. The molecule has 0 bridgehead atoms. The molecule has 6 heteroatoms. The van der Waals surface area contributed by atoms with Crippen molar-refractivity contribution in [3.05, 3.63) is 36.0 Å². The predicted molar refractivity (Wildman–Crippen MR) is 85.0 cm³/mol. The molecular formula is C16H21N4O2+. The second-order valence-electron chi connectivity index (χ2n) is 5.45. The molecule has 0 atom stereocenters. The highest BCUT2D eigenvalue weighted by atomic mass is 16.5. The molecule has 1 aromatic heterocycles. The van der Waals surface area contributed by atoms with Crippen LogP contribution in [0.15, 0.2) is 35.6 Å². The highest BCUT2D eigenvalue weighted by Gasteiger charge is 2.14. The van der Waals surface area contributed by atoms with Crippen molar-refractivity contribution in [2.24, 2.45) is 5.10 Å². The number of para-hydroxylation sites is 1. The molecule has 0 saturated carbocycles. The minimum atomic E-state index is -0.0462. The van der Waals surface area contributed by atoms with Crippen LogP contribution >= 0.6 is 0 Å². The summed E-state index contributed by atoms with van der Waals surface area (Å²) in [5.74, 6) is -0.0462. The number of nitrogens with zero attached hydrogens (tertiary/aromatic N) is 1. The van der Waals surface area contributed by atoms with Gasteiger partial charge in [-0.25, -0.2) is 5.43 Å². The minimum absolute atomic E-state index is 0.0462. The maximum atomic E-state index is 11.8. The van der Waals surface area contributed by atoms with Gasteiger partial charge in [0.2, 0.25) is 5.91 Å². The number of carbonyl (C=O) groups excluding carboxylic acids is 1. The van der Waals surface area contributed by atoms with E-state index in [1.807, 2.05) is 30.5 Å². The molecule has 0 spiro atoms.